The van der Waals surface area contributed by atoms with Crippen molar-refractivity contribution in [2.75, 3.05) is 13.7 Å². The predicted octanol–water partition coefficient (Wildman–Crippen LogP) is 2.57. The number of rotatable bonds is 11. The Kier molecular flexibility index (Phi) is 9.46. The van der Waals surface area contributed by atoms with E-state index in [9.17, 15) is 14.4 Å². The first-order chi connectivity index (χ1) is 16.5. The first-order valence-corrected chi connectivity index (χ1v) is 11.6. The number of ether oxygens (including phenoxy) is 2. The third-order valence-electron chi connectivity index (χ3n) is 6.05. The molecule has 1 saturated heterocycles. The van der Waals surface area contributed by atoms with Crippen molar-refractivity contribution in [2.24, 2.45) is 5.92 Å². The molecule has 1 unspecified atom stereocenters. The molecule has 0 bridgehead atoms. The first-order valence-electron chi connectivity index (χ1n) is 11.6. The topological polar surface area (TPSA) is 106 Å². The van der Waals surface area contributed by atoms with Crippen molar-refractivity contribution in [2.45, 2.75) is 50.9 Å². The van der Waals surface area contributed by atoms with Gasteiger partial charge in [0.2, 0.25) is 5.91 Å². The quantitative estimate of drug-likeness (QED) is 0.439. The summed E-state index contributed by atoms with van der Waals surface area (Å²) < 4.78 is 10.4. The van der Waals surface area contributed by atoms with Crippen LogP contribution in [0.4, 0.5) is 4.79 Å². The van der Waals surface area contributed by atoms with Crippen molar-refractivity contribution in [1.82, 2.24) is 16.0 Å². The fourth-order valence-corrected chi connectivity index (χ4v) is 4.10. The van der Waals surface area contributed by atoms with Gasteiger partial charge in [0.05, 0.1) is 13.2 Å². The molecule has 0 radical (unpaired) electrons. The summed E-state index contributed by atoms with van der Waals surface area (Å²) in [4.78, 5) is 37.1. The van der Waals surface area contributed by atoms with Crippen LogP contribution in [0.2, 0.25) is 0 Å². The van der Waals surface area contributed by atoms with Gasteiger partial charge in [0.15, 0.2) is 0 Å². The summed E-state index contributed by atoms with van der Waals surface area (Å²) in [5.41, 5.74) is 1.93. The van der Waals surface area contributed by atoms with Crippen molar-refractivity contribution in [1.29, 1.82) is 0 Å². The molecule has 182 valence electrons. The second-order valence-corrected chi connectivity index (χ2v) is 8.55. The van der Waals surface area contributed by atoms with E-state index in [-0.39, 0.29) is 30.5 Å². The molecule has 8 heteroatoms. The maximum atomic E-state index is 12.6. The van der Waals surface area contributed by atoms with E-state index >= 15 is 0 Å². The number of nitrogens with one attached hydrogen (secondary N) is 3. The summed E-state index contributed by atoms with van der Waals surface area (Å²) >= 11 is 0. The molecule has 1 aliphatic rings. The van der Waals surface area contributed by atoms with E-state index in [0.717, 1.165) is 11.1 Å². The van der Waals surface area contributed by atoms with Crippen LogP contribution in [0.15, 0.2) is 60.7 Å². The molecule has 1 aliphatic heterocycles. The lowest BCUT2D eigenvalue weighted by molar-refractivity contribution is -0.144. The van der Waals surface area contributed by atoms with E-state index in [1.165, 1.54) is 7.11 Å². The summed E-state index contributed by atoms with van der Waals surface area (Å²) in [6.07, 6.45) is 1.01. The fourth-order valence-electron chi connectivity index (χ4n) is 4.10. The van der Waals surface area contributed by atoms with E-state index in [1.54, 1.807) is 0 Å². The molecule has 0 spiro atoms. The smallest absolute Gasteiger partial charge is 0.407 e. The van der Waals surface area contributed by atoms with Gasteiger partial charge in [0.25, 0.3) is 0 Å². The monoisotopic (exact) mass is 467 g/mol. The van der Waals surface area contributed by atoms with Crippen LogP contribution in [0.1, 0.15) is 30.9 Å². The van der Waals surface area contributed by atoms with Gasteiger partial charge in [-0.25, -0.2) is 4.79 Å². The van der Waals surface area contributed by atoms with Gasteiger partial charge in [-0.05, 0) is 37.3 Å². The van der Waals surface area contributed by atoms with E-state index in [2.05, 4.69) is 16.0 Å². The summed E-state index contributed by atoms with van der Waals surface area (Å²) in [7, 11) is 1.33. The summed E-state index contributed by atoms with van der Waals surface area (Å²) in [5.74, 6) is -0.733. The highest BCUT2D eigenvalue weighted by Gasteiger charge is 2.33. The van der Waals surface area contributed by atoms with Crippen LogP contribution < -0.4 is 16.0 Å². The average Bonchev–Trinajstić information content (AvgIpc) is 3.26. The Bertz CT molecular complexity index is 938. The van der Waals surface area contributed by atoms with E-state index in [1.807, 2.05) is 67.6 Å². The number of carbonyl (C=O) groups excluding carboxylic acids is 3. The molecule has 0 aliphatic carbocycles. The van der Waals surface area contributed by atoms with Gasteiger partial charge in [-0.15, -0.1) is 0 Å². The number of benzene rings is 2. The Labute approximate surface area is 200 Å². The van der Waals surface area contributed by atoms with Gasteiger partial charge in [0, 0.05) is 18.5 Å². The molecule has 8 nitrogen and oxygen atoms in total. The highest BCUT2D eigenvalue weighted by atomic mass is 16.5. The summed E-state index contributed by atoms with van der Waals surface area (Å²) in [6, 6.07) is 17.9. The lowest BCUT2D eigenvalue weighted by Crippen LogP contribution is -2.54. The molecule has 0 saturated carbocycles. The minimum atomic E-state index is -0.672. The molecule has 3 rings (SSSR count). The zero-order valence-corrected chi connectivity index (χ0v) is 19.7. The van der Waals surface area contributed by atoms with Crippen LogP contribution in [0.25, 0.3) is 0 Å². The van der Waals surface area contributed by atoms with Crippen molar-refractivity contribution in [3.05, 3.63) is 71.8 Å². The van der Waals surface area contributed by atoms with Gasteiger partial charge >= 0.3 is 12.1 Å². The maximum absolute atomic E-state index is 12.6. The highest BCUT2D eigenvalue weighted by molar-refractivity contribution is 5.82. The van der Waals surface area contributed by atoms with Crippen LogP contribution in [0.5, 0.6) is 0 Å². The zero-order chi connectivity index (χ0) is 24.3. The molecule has 1 heterocycles. The number of hydrogen-bond donors (Lipinski definition) is 3. The molecule has 34 heavy (non-hydrogen) atoms. The van der Waals surface area contributed by atoms with Crippen molar-refractivity contribution in [3.63, 3.8) is 0 Å². The number of carbonyl (C=O) groups is 3. The Morgan fingerprint density at radius 2 is 1.71 bits per heavy atom. The molecule has 2 amide bonds. The maximum Gasteiger partial charge on any atom is 0.407 e. The van der Waals surface area contributed by atoms with Crippen LogP contribution in [0.3, 0.4) is 0 Å². The number of amides is 2. The Balaban J connectivity index is 1.67. The van der Waals surface area contributed by atoms with Gasteiger partial charge in [0.1, 0.15) is 12.6 Å². The zero-order valence-electron chi connectivity index (χ0n) is 19.7. The minimum absolute atomic E-state index is 0.0493. The molecule has 3 N–H and O–H groups in total. The lowest BCUT2D eigenvalue weighted by atomic mass is 9.95. The third-order valence-corrected chi connectivity index (χ3v) is 6.05. The molecular formula is C26H33N3O5. The SMILES string of the molecule is COC(=O)[C@H](C[C@@H]1CCNC1=O)NC(C)[C@H](Cc1ccccc1)NC(=O)OCc1ccccc1. The first kappa shape index (κ1) is 25.2. The standard InChI is InChI=1S/C26H33N3O5/c1-18(28-23(25(31)33-2)16-21-13-14-27-24(21)30)22(15-19-9-5-3-6-10-19)29-26(32)34-17-20-11-7-4-8-12-20/h3-12,18,21-23,28H,13-17H2,1-2H3,(H,27,30)(H,29,32)/t18?,21-,22-,23-/m0/s1. The predicted molar refractivity (Wildman–Crippen MR) is 128 cm³/mol. The summed E-state index contributed by atoms with van der Waals surface area (Å²) in [5, 5.41) is 9.04. The third kappa shape index (κ3) is 7.59. The molecular weight excluding hydrogens is 434 g/mol. The number of alkyl carbamates (subject to hydrolysis) is 1. The number of methoxy groups -OCH3 is 1. The summed E-state index contributed by atoms with van der Waals surface area (Å²) in [6.45, 7) is 2.67. The number of esters is 1. The largest absolute Gasteiger partial charge is 0.468 e. The lowest BCUT2D eigenvalue weighted by Gasteiger charge is -2.30. The van der Waals surface area contributed by atoms with E-state index < -0.39 is 18.1 Å². The molecule has 2 aromatic carbocycles. The van der Waals surface area contributed by atoms with E-state index in [4.69, 9.17) is 9.47 Å². The number of hydrogen-bond acceptors (Lipinski definition) is 6. The van der Waals surface area contributed by atoms with Crippen molar-refractivity contribution in [3.8, 4) is 0 Å². The highest BCUT2D eigenvalue weighted by Crippen LogP contribution is 2.18. The van der Waals surface area contributed by atoms with Crippen molar-refractivity contribution < 1.29 is 23.9 Å². The molecule has 2 aromatic rings. The van der Waals surface area contributed by atoms with Gasteiger partial charge in [-0.2, -0.15) is 0 Å². The molecule has 1 fully saturated rings. The molecule has 0 aromatic heterocycles. The normalized spacial score (nSPS) is 17.8. The van der Waals surface area contributed by atoms with Crippen molar-refractivity contribution >= 4 is 18.0 Å². The second kappa shape index (κ2) is 12.7. The Hall–Kier alpha value is -3.39. The van der Waals surface area contributed by atoms with Crippen LogP contribution >= 0.6 is 0 Å². The van der Waals surface area contributed by atoms with Crippen LogP contribution in [-0.4, -0.2) is 49.7 Å². The second-order valence-electron chi connectivity index (χ2n) is 8.55. The van der Waals surface area contributed by atoms with Gasteiger partial charge in [-0.1, -0.05) is 60.7 Å². The van der Waals surface area contributed by atoms with Crippen LogP contribution in [0, 0.1) is 5.92 Å². The average molecular weight is 468 g/mol. The van der Waals surface area contributed by atoms with Crippen LogP contribution in [-0.2, 0) is 32.1 Å². The molecule has 4 atom stereocenters. The minimum Gasteiger partial charge on any atom is -0.468 e. The van der Waals surface area contributed by atoms with E-state index in [0.29, 0.717) is 25.8 Å². The fraction of sp³-hybridized carbons (Fsp3) is 0.423. The Morgan fingerprint density at radius 1 is 1.06 bits per heavy atom. The Morgan fingerprint density at radius 3 is 2.29 bits per heavy atom. The van der Waals surface area contributed by atoms with Gasteiger partial charge < -0.3 is 20.1 Å². The van der Waals surface area contributed by atoms with Gasteiger partial charge in [-0.3, -0.25) is 14.9 Å².